The van der Waals surface area contributed by atoms with E-state index in [1.807, 2.05) is 0 Å². The van der Waals surface area contributed by atoms with Gasteiger partial charge in [-0.15, -0.1) is 0 Å². The Kier molecular flexibility index (Phi) is 4.56. The van der Waals surface area contributed by atoms with E-state index in [1.54, 1.807) is 24.0 Å². The number of carbonyl (C=O) groups is 1. The lowest BCUT2D eigenvalue weighted by Crippen LogP contribution is -2.31. The highest BCUT2D eigenvalue weighted by Gasteiger charge is 2.23. The predicted octanol–water partition coefficient (Wildman–Crippen LogP) is 3.36. The van der Waals surface area contributed by atoms with Gasteiger partial charge < -0.3 is 9.88 Å². The zero-order valence-electron chi connectivity index (χ0n) is 13.2. The quantitative estimate of drug-likeness (QED) is 0.788. The number of hydrogen-bond donors (Lipinski definition) is 1. The van der Waals surface area contributed by atoms with E-state index >= 15 is 0 Å². The second-order valence-electron chi connectivity index (χ2n) is 5.48. The molecule has 25 heavy (non-hydrogen) atoms. The van der Waals surface area contributed by atoms with Crippen LogP contribution in [0, 0.1) is 17.5 Å². The first-order chi connectivity index (χ1) is 12.0. The molecule has 1 atom stereocenters. The molecule has 0 saturated carbocycles. The summed E-state index contributed by atoms with van der Waals surface area (Å²) in [7, 11) is 1.73. The van der Waals surface area contributed by atoms with Crippen LogP contribution >= 0.6 is 0 Å². The number of nitrogens with zero attached hydrogens (tertiary/aromatic N) is 2. The van der Waals surface area contributed by atoms with Crippen molar-refractivity contribution in [1.82, 2.24) is 14.9 Å². The van der Waals surface area contributed by atoms with Gasteiger partial charge in [0, 0.05) is 19.4 Å². The predicted molar refractivity (Wildman–Crippen MR) is 85.3 cm³/mol. The van der Waals surface area contributed by atoms with Gasteiger partial charge in [0.1, 0.15) is 29.3 Å². The Labute approximate surface area is 141 Å². The van der Waals surface area contributed by atoms with Crippen molar-refractivity contribution < 1.29 is 18.0 Å². The summed E-state index contributed by atoms with van der Waals surface area (Å²) in [6.07, 6.45) is 3.22. The maximum absolute atomic E-state index is 13.8. The molecule has 1 unspecified atom stereocenters. The fourth-order valence-electron chi connectivity index (χ4n) is 2.49. The number of amides is 1. The second kappa shape index (κ2) is 6.80. The van der Waals surface area contributed by atoms with Crippen molar-refractivity contribution in [3.63, 3.8) is 0 Å². The van der Waals surface area contributed by atoms with Crippen LogP contribution in [-0.4, -0.2) is 15.5 Å². The van der Waals surface area contributed by atoms with Crippen molar-refractivity contribution in [1.29, 1.82) is 0 Å². The minimum absolute atomic E-state index is 0.415. The van der Waals surface area contributed by atoms with Crippen molar-refractivity contribution in [2.75, 3.05) is 0 Å². The molecule has 0 aliphatic rings. The van der Waals surface area contributed by atoms with E-state index in [-0.39, 0.29) is 0 Å². The van der Waals surface area contributed by atoms with Gasteiger partial charge in [0.2, 0.25) is 0 Å². The highest BCUT2D eigenvalue weighted by molar-refractivity contribution is 5.94. The summed E-state index contributed by atoms with van der Waals surface area (Å²) in [5.41, 5.74) is 0.141. The summed E-state index contributed by atoms with van der Waals surface area (Å²) in [6, 6.07) is 7.38. The molecule has 3 rings (SSSR count). The minimum atomic E-state index is -0.836. The molecule has 3 aromatic rings. The molecule has 0 aliphatic heterocycles. The molecule has 2 aromatic carbocycles. The molecule has 0 aliphatic carbocycles. The monoisotopic (exact) mass is 345 g/mol. The maximum atomic E-state index is 13.8. The van der Waals surface area contributed by atoms with Crippen LogP contribution in [0.2, 0.25) is 0 Å². The van der Waals surface area contributed by atoms with Crippen molar-refractivity contribution in [3.8, 4) is 0 Å². The molecule has 0 radical (unpaired) electrons. The van der Waals surface area contributed by atoms with Crippen LogP contribution in [0.15, 0.2) is 54.9 Å². The highest BCUT2D eigenvalue weighted by atomic mass is 19.1. The van der Waals surface area contributed by atoms with Crippen molar-refractivity contribution in [2.45, 2.75) is 6.04 Å². The van der Waals surface area contributed by atoms with Crippen LogP contribution in [0.1, 0.15) is 27.8 Å². The molecule has 1 amide bonds. The van der Waals surface area contributed by atoms with E-state index in [1.165, 1.54) is 24.3 Å². The zero-order chi connectivity index (χ0) is 18.0. The average molecular weight is 345 g/mol. The van der Waals surface area contributed by atoms with Gasteiger partial charge in [0.15, 0.2) is 0 Å². The smallest absolute Gasteiger partial charge is 0.255 e. The van der Waals surface area contributed by atoms with Crippen LogP contribution in [0.25, 0.3) is 0 Å². The molecule has 0 bridgehead atoms. The zero-order valence-corrected chi connectivity index (χ0v) is 13.2. The molecule has 0 saturated heterocycles. The Morgan fingerprint density at radius 3 is 2.40 bits per heavy atom. The molecule has 1 aromatic heterocycles. The summed E-state index contributed by atoms with van der Waals surface area (Å²) < 4.78 is 42.1. The van der Waals surface area contributed by atoms with Gasteiger partial charge in [-0.1, -0.05) is 12.1 Å². The van der Waals surface area contributed by atoms with Gasteiger partial charge in [-0.3, -0.25) is 4.79 Å². The Balaban J connectivity index is 1.98. The largest absolute Gasteiger partial charge is 0.338 e. The number of hydrogen-bond acceptors (Lipinski definition) is 2. The summed E-state index contributed by atoms with van der Waals surface area (Å²) in [5.74, 6) is -2.31. The standard InChI is InChI=1S/C18H14F3N3O/c1-24-9-8-22-17(24)16(11-2-4-12(19)5-3-11)23-18(25)14-10-13(20)6-7-15(14)21/h2-10,16H,1H3,(H,23,25). The van der Waals surface area contributed by atoms with Crippen LogP contribution in [0.3, 0.4) is 0 Å². The van der Waals surface area contributed by atoms with Crippen LogP contribution < -0.4 is 5.32 Å². The summed E-state index contributed by atoms with van der Waals surface area (Å²) >= 11 is 0. The Hall–Kier alpha value is -3.09. The van der Waals surface area contributed by atoms with Crippen molar-refractivity contribution >= 4 is 5.91 Å². The number of nitrogens with one attached hydrogen (secondary N) is 1. The number of rotatable bonds is 4. The topological polar surface area (TPSA) is 46.9 Å². The molecule has 1 N–H and O–H groups in total. The lowest BCUT2D eigenvalue weighted by Gasteiger charge is -2.19. The van der Waals surface area contributed by atoms with E-state index in [4.69, 9.17) is 0 Å². The first kappa shape index (κ1) is 16.8. The lowest BCUT2D eigenvalue weighted by atomic mass is 10.0. The summed E-state index contributed by atoms with van der Waals surface area (Å²) in [6.45, 7) is 0. The first-order valence-electron chi connectivity index (χ1n) is 7.44. The minimum Gasteiger partial charge on any atom is -0.338 e. The van der Waals surface area contributed by atoms with Crippen LogP contribution in [0.4, 0.5) is 13.2 Å². The third-order valence-electron chi connectivity index (χ3n) is 3.77. The Morgan fingerprint density at radius 2 is 1.76 bits per heavy atom. The maximum Gasteiger partial charge on any atom is 0.255 e. The number of halogens is 3. The lowest BCUT2D eigenvalue weighted by molar-refractivity contribution is 0.0936. The Bertz CT molecular complexity index is 906. The summed E-state index contributed by atoms with van der Waals surface area (Å²) in [4.78, 5) is 16.6. The van der Waals surface area contributed by atoms with E-state index in [0.29, 0.717) is 11.4 Å². The van der Waals surface area contributed by atoms with Gasteiger partial charge in [-0.05, 0) is 35.9 Å². The molecule has 1 heterocycles. The molecule has 128 valence electrons. The first-order valence-corrected chi connectivity index (χ1v) is 7.44. The van der Waals surface area contributed by atoms with Gasteiger partial charge in [0.25, 0.3) is 5.91 Å². The number of carbonyl (C=O) groups excluding carboxylic acids is 1. The SMILES string of the molecule is Cn1ccnc1C(NC(=O)c1cc(F)ccc1F)c1ccc(F)cc1. The fraction of sp³-hybridized carbons (Fsp3) is 0.111. The summed E-state index contributed by atoms with van der Waals surface area (Å²) in [5, 5.41) is 2.63. The van der Waals surface area contributed by atoms with Gasteiger partial charge in [-0.2, -0.15) is 0 Å². The third-order valence-corrected chi connectivity index (χ3v) is 3.77. The van der Waals surface area contributed by atoms with Crippen molar-refractivity contribution in [3.05, 3.63) is 89.3 Å². The highest BCUT2D eigenvalue weighted by Crippen LogP contribution is 2.22. The van der Waals surface area contributed by atoms with E-state index in [0.717, 1.165) is 18.2 Å². The molecular weight excluding hydrogens is 331 g/mol. The Morgan fingerprint density at radius 1 is 1.08 bits per heavy atom. The third kappa shape index (κ3) is 3.55. The van der Waals surface area contributed by atoms with E-state index < -0.39 is 35.0 Å². The van der Waals surface area contributed by atoms with Crippen LogP contribution in [-0.2, 0) is 7.05 Å². The van der Waals surface area contributed by atoms with Crippen LogP contribution in [0.5, 0.6) is 0 Å². The van der Waals surface area contributed by atoms with E-state index in [2.05, 4.69) is 10.3 Å². The van der Waals surface area contributed by atoms with Gasteiger partial charge in [-0.25, -0.2) is 18.2 Å². The number of aryl methyl sites for hydroxylation is 1. The number of imidazole rings is 1. The van der Waals surface area contributed by atoms with Crippen molar-refractivity contribution in [2.24, 2.45) is 7.05 Å². The molecule has 0 fully saturated rings. The molecule has 7 heteroatoms. The second-order valence-corrected chi connectivity index (χ2v) is 5.48. The molecule has 0 spiro atoms. The number of aromatic nitrogens is 2. The van der Waals surface area contributed by atoms with Gasteiger partial charge >= 0.3 is 0 Å². The van der Waals surface area contributed by atoms with E-state index in [9.17, 15) is 18.0 Å². The molecule has 4 nitrogen and oxygen atoms in total. The molecular formula is C18H14F3N3O. The number of benzene rings is 2. The normalized spacial score (nSPS) is 12.0. The fourth-order valence-corrected chi connectivity index (χ4v) is 2.49. The average Bonchev–Trinajstić information content (AvgIpc) is 3.01. The van der Waals surface area contributed by atoms with Gasteiger partial charge in [0.05, 0.1) is 5.56 Å².